The zero-order chi connectivity index (χ0) is 27.9. The van der Waals surface area contributed by atoms with Gasteiger partial charge in [0.05, 0.1) is 0 Å². The van der Waals surface area contributed by atoms with Gasteiger partial charge in [0.1, 0.15) is 12.6 Å². The zero-order valence-electron chi connectivity index (χ0n) is 24.6. The summed E-state index contributed by atoms with van der Waals surface area (Å²) in [4.78, 5) is 26.0. The van der Waals surface area contributed by atoms with Crippen molar-refractivity contribution in [2.75, 3.05) is 11.4 Å². The highest BCUT2D eigenvalue weighted by Crippen LogP contribution is 2.38. The minimum atomic E-state index is 0.848. The molecule has 3 heteroatoms. The van der Waals surface area contributed by atoms with Gasteiger partial charge in [0, 0.05) is 17.9 Å². The molecule has 0 bridgehead atoms. The first kappa shape index (κ1) is 30.6. The van der Waals surface area contributed by atoms with Crippen LogP contribution in [0.1, 0.15) is 120 Å². The third kappa shape index (κ3) is 9.34. The van der Waals surface area contributed by atoms with E-state index in [1.807, 2.05) is 0 Å². The maximum Gasteiger partial charge on any atom is 0.146 e. The van der Waals surface area contributed by atoms with Gasteiger partial charge in [-0.3, -0.25) is 9.59 Å². The number of rotatable bonds is 17. The molecule has 0 spiro atoms. The summed E-state index contributed by atoms with van der Waals surface area (Å²) < 4.78 is 0. The summed E-state index contributed by atoms with van der Waals surface area (Å²) in [5, 5.41) is 0. The lowest BCUT2D eigenvalue weighted by molar-refractivity contribution is -0.105. The first-order chi connectivity index (χ1) is 19.1. The number of allylic oxidation sites excluding steroid dienone is 2. The Hall–Kier alpha value is -2.94. The summed E-state index contributed by atoms with van der Waals surface area (Å²) in [5.74, 6) is 0. The monoisotopic (exact) mass is 527 g/mol. The van der Waals surface area contributed by atoms with Crippen molar-refractivity contribution in [2.45, 2.75) is 111 Å². The minimum absolute atomic E-state index is 0.848. The van der Waals surface area contributed by atoms with E-state index in [0.29, 0.717) is 0 Å². The van der Waals surface area contributed by atoms with Crippen LogP contribution in [-0.4, -0.2) is 19.1 Å². The van der Waals surface area contributed by atoms with Crippen LogP contribution in [0.5, 0.6) is 0 Å². The number of anilines is 2. The fraction of sp³-hybridized carbons (Fsp3) is 0.500. The highest BCUT2D eigenvalue weighted by atomic mass is 16.1. The largest absolute Gasteiger partial charge is 0.341 e. The number of carbonyl (C=O) groups excluding carboxylic acids is 2. The van der Waals surface area contributed by atoms with Gasteiger partial charge in [-0.15, -0.1) is 0 Å². The van der Waals surface area contributed by atoms with Gasteiger partial charge in [-0.25, -0.2) is 0 Å². The predicted molar refractivity (Wildman–Crippen MR) is 168 cm³/mol. The van der Waals surface area contributed by atoms with E-state index in [1.54, 1.807) is 0 Å². The van der Waals surface area contributed by atoms with E-state index in [0.717, 1.165) is 112 Å². The normalized spacial score (nSPS) is 13.6. The fourth-order valence-corrected chi connectivity index (χ4v) is 5.57. The second kappa shape index (κ2) is 16.9. The second-order valence-corrected chi connectivity index (χ2v) is 11.1. The van der Waals surface area contributed by atoms with E-state index in [4.69, 9.17) is 0 Å². The van der Waals surface area contributed by atoms with E-state index in [-0.39, 0.29) is 0 Å². The molecule has 0 radical (unpaired) electrons. The Bertz CT molecular complexity index is 1040. The standard InChI is InChI=1S/C36H49NO2/c1-4-7-10-13-22-37-35-20-16-29(23-31(27-38)14-11-8-5-2)25-33(35)18-19-34-26-30(17-21-36(34)37)24-32(28-39)15-12-9-6-3/h16-17,20-21,23-28H,4-15,18-19,22H2,1-3H3. The van der Waals surface area contributed by atoms with Gasteiger partial charge >= 0.3 is 0 Å². The average molecular weight is 528 g/mol. The molecular formula is C36H49NO2. The van der Waals surface area contributed by atoms with E-state index in [1.165, 1.54) is 41.8 Å². The van der Waals surface area contributed by atoms with E-state index in [9.17, 15) is 9.59 Å². The summed E-state index contributed by atoms with van der Waals surface area (Å²) in [6.45, 7) is 7.64. The van der Waals surface area contributed by atoms with Crippen molar-refractivity contribution >= 4 is 36.1 Å². The van der Waals surface area contributed by atoms with Crippen LogP contribution in [0.3, 0.4) is 0 Å². The van der Waals surface area contributed by atoms with Gasteiger partial charge in [-0.1, -0.05) is 77.8 Å². The molecule has 210 valence electrons. The number of benzene rings is 2. The lowest BCUT2D eigenvalue weighted by Gasteiger charge is -2.27. The van der Waals surface area contributed by atoms with Crippen LogP contribution in [0.15, 0.2) is 47.5 Å². The number of hydrogen-bond acceptors (Lipinski definition) is 3. The molecule has 2 aromatic carbocycles. The van der Waals surface area contributed by atoms with Crippen molar-refractivity contribution in [3.05, 3.63) is 69.8 Å². The van der Waals surface area contributed by atoms with Crippen LogP contribution < -0.4 is 4.90 Å². The molecule has 0 aromatic heterocycles. The third-order valence-corrected chi connectivity index (χ3v) is 7.83. The fourth-order valence-electron chi connectivity index (χ4n) is 5.57. The van der Waals surface area contributed by atoms with Crippen molar-refractivity contribution in [3.8, 4) is 0 Å². The molecule has 1 heterocycles. The number of fused-ring (bicyclic) bond motifs is 2. The third-order valence-electron chi connectivity index (χ3n) is 7.83. The zero-order valence-corrected chi connectivity index (χ0v) is 24.6. The summed E-state index contributed by atoms with van der Waals surface area (Å²) in [6, 6.07) is 13.5. The van der Waals surface area contributed by atoms with Crippen LogP contribution >= 0.6 is 0 Å². The Labute approximate surface area is 237 Å². The van der Waals surface area contributed by atoms with Crippen molar-refractivity contribution in [1.82, 2.24) is 0 Å². The maximum atomic E-state index is 11.7. The first-order valence-corrected chi connectivity index (χ1v) is 15.5. The Morgan fingerprint density at radius 1 is 0.641 bits per heavy atom. The number of unbranched alkanes of at least 4 members (excludes halogenated alkanes) is 7. The SMILES string of the molecule is CCCCCCN1c2ccc(C=C(C=O)CCCCC)cc2CCc2cc(C=C(C=O)CCCCC)ccc21. The van der Waals surface area contributed by atoms with Gasteiger partial charge in [-0.2, -0.15) is 0 Å². The lowest BCUT2D eigenvalue weighted by Crippen LogP contribution is -2.20. The van der Waals surface area contributed by atoms with Crippen LogP contribution in [0.25, 0.3) is 12.2 Å². The smallest absolute Gasteiger partial charge is 0.146 e. The molecule has 2 aromatic rings. The maximum absolute atomic E-state index is 11.7. The molecule has 3 nitrogen and oxygen atoms in total. The molecule has 0 aliphatic carbocycles. The lowest BCUT2D eigenvalue weighted by atomic mass is 9.99. The van der Waals surface area contributed by atoms with Gasteiger partial charge in [0.25, 0.3) is 0 Å². The van der Waals surface area contributed by atoms with Gasteiger partial charge in [-0.05, 0) is 115 Å². The van der Waals surface area contributed by atoms with Crippen molar-refractivity contribution in [2.24, 2.45) is 0 Å². The molecule has 1 aliphatic heterocycles. The first-order valence-electron chi connectivity index (χ1n) is 15.5. The topological polar surface area (TPSA) is 37.4 Å². The minimum Gasteiger partial charge on any atom is -0.341 e. The van der Waals surface area contributed by atoms with Gasteiger partial charge in [0.2, 0.25) is 0 Å². The summed E-state index contributed by atoms with van der Waals surface area (Å²) in [7, 11) is 0. The molecule has 0 fully saturated rings. The summed E-state index contributed by atoms with van der Waals surface area (Å²) in [6.07, 6.45) is 21.5. The quantitative estimate of drug-likeness (QED) is 0.117. The molecule has 0 saturated heterocycles. The molecule has 0 saturated carbocycles. The van der Waals surface area contributed by atoms with Crippen molar-refractivity contribution in [3.63, 3.8) is 0 Å². The van der Waals surface area contributed by atoms with Gasteiger partial charge < -0.3 is 4.90 Å². The number of aldehydes is 2. The molecule has 3 rings (SSSR count). The van der Waals surface area contributed by atoms with Crippen molar-refractivity contribution in [1.29, 1.82) is 0 Å². The number of hydrogen-bond donors (Lipinski definition) is 0. The average Bonchev–Trinajstić information content (AvgIpc) is 3.10. The molecular weight excluding hydrogens is 478 g/mol. The molecule has 0 unspecified atom stereocenters. The Balaban J connectivity index is 1.92. The molecule has 0 amide bonds. The van der Waals surface area contributed by atoms with E-state index in [2.05, 4.69) is 74.2 Å². The Kier molecular flexibility index (Phi) is 13.3. The predicted octanol–water partition coefficient (Wildman–Crippen LogP) is 9.83. The molecule has 0 N–H and O–H groups in total. The van der Waals surface area contributed by atoms with Gasteiger partial charge in [0.15, 0.2) is 0 Å². The Morgan fingerprint density at radius 3 is 1.54 bits per heavy atom. The van der Waals surface area contributed by atoms with Crippen LogP contribution in [0.4, 0.5) is 11.4 Å². The second-order valence-electron chi connectivity index (χ2n) is 11.1. The molecule has 1 aliphatic rings. The van der Waals surface area contributed by atoms with E-state index < -0.39 is 0 Å². The highest BCUT2D eigenvalue weighted by Gasteiger charge is 2.21. The number of aryl methyl sites for hydroxylation is 2. The van der Waals surface area contributed by atoms with Crippen LogP contribution in [0.2, 0.25) is 0 Å². The number of nitrogens with zero attached hydrogens (tertiary/aromatic N) is 1. The number of carbonyl (C=O) groups is 2. The molecule has 39 heavy (non-hydrogen) atoms. The summed E-state index contributed by atoms with van der Waals surface area (Å²) in [5.41, 5.74) is 9.29. The Morgan fingerprint density at radius 2 is 1.10 bits per heavy atom. The summed E-state index contributed by atoms with van der Waals surface area (Å²) >= 11 is 0. The van der Waals surface area contributed by atoms with Crippen molar-refractivity contribution < 1.29 is 9.59 Å². The van der Waals surface area contributed by atoms with E-state index >= 15 is 0 Å². The molecule has 0 atom stereocenters. The highest BCUT2D eigenvalue weighted by molar-refractivity contribution is 5.83. The van der Waals surface area contributed by atoms with Crippen LogP contribution in [0, 0.1) is 0 Å². The van der Waals surface area contributed by atoms with Crippen LogP contribution in [-0.2, 0) is 22.4 Å².